The third-order valence-corrected chi connectivity index (χ3v) is 14.9. The molecule has 1 N–H and O–H groups in total. The molecule has 15 heteroatoms. The van der Waals surface area contributed by atoms with E-state index in [1.807, 2.05) is 94.9 Å². The van der Waals surface area contributed by atoms with Crippen LogP contribution >= 0.6 is 0 Å². The first-order valence-corrected chi connectivity index (χ1v) is 27.6. The minimum absolute atomic E-state index is 0.0309. The first-order valence-electron chi connectivity index (χ1n) is 27.6. The number of carbonyl (C=O) groups is 5. The number of nitrogens with one attached hydrogen (secondary N) is 1. The Hall–Kier alpha value is -6.25. The highest BCUT2D eigenvalue weighted by molar-refractivity contribution is 5.95. The number of nitrogens with zero attached hydrogens (tertiary/aromatic N) is 4. The van der Waals surface area contributed by atoms with Gasteiger partial charge in [0.25, 0.3) is 0 Å². The number of amides is 3. The number of likely N-dealkylation sites (tertiary alicyclic amines) is 2. The third kappa shape index (κ3) is 13.7. The van der Waals surface area contributed by atoms with E-state index in [4.69, 9.17) is 14.2 Å². The Balaban J connectivity index is 1.31. The zero-order valence-electron chi connectivity index (χ0n) is 48.1. The van der Waals surface area contributed by atoms with Crippen LogP contribution in [0.4, 0.5) is 13.6 Å². The summed E-state index contributed by atoms with van der Waals surface area (Å²) in [6.45, 7) is 27.9. The summed E-state index contributed by atoms with van der Waals surface area (Å²) in [5, 5.41) is 4.59. The summed E-state index contributed by atoms with van der Waals surface area (Å²) >= 11 is 0. The van der Waals surface area contributed by atoms with Gasteiger partial charge in [0, 0.05) is 49.4 Å². The van der Waals surface area contributed by atoms with Gasteiger partial charge in [-0.2, -0.15) is 0 Å². The maximum atomic E-state index is 15.4. The van der Waals surface area contributed by atoms with Crippen molar-refractivity contribution in [2.24, 2.45) is 16.7 Å². The van der Waals surface area contributed by atoms with E-state index in [1.165, 1.54) is 25.1 Å². The Morgan fingerprint density at radius 1 is 0.636 bits per heavy atom. The number of aryl methyl sites for hydroxylation is 1. The lowest BCUT2D eigenvalue weighted by Crippen LogP contribution is -2.56. The van der Waals surface area contributed by atoms with E-state index >= 15 is 8.78 Å². The minimum Gasteiger partial charge on any atom is -0.464 e. The minimum atomic E-state index is -0.879. The van der Waals surface area contributed by atoms with Crippen LogP contribution in [0.5, 0.6) is 0 Å². The van der Waals surface area contributed by atoms with Gasteiger partial charge in [-0.15, -0.1) is 0 Å². The van der Waals surface area contributed by atoms with Crippen molar-refractivity contribution in [1.82, 2.24) is 24.3 Å². The van der Waals surface area contributed by atoms with E-state index in [0.29, 0.717) is 44.4 Å². The van der Waals surface area contributed by atoms with Crippen molar-refractivity contribution in [3.05, 3.63) is 83.4 Å². The molecule has 13 nitrogen and oxygen atoms in total. The van der Waals surface area contributed by atoms with E-state index < -0.39 is 57.8 Å². The number of alkyl carbamates (subject to hydrolysis) is 1. The largest absolute Gasteiger partial charge is 0.464 e. The van der Waals surface area contributed by atoms with Crippen molar-refractivity contribution in [3.63, 3.8) is 0 Å². The van der Waals surface area contributed by atoms with Gasteiger partial charge < -0.3 is 38.5 Å². The van der Waals surface area contributed by atoms with Crippen molar-refractivity contribution in [2.75, 3.05) is 19.7 Å². The van der Waals surface area contributed by atoms with Gasteiger partial charge in [-0.05, 0) is 156 Å². The smallest absolute Gasteiger partial charge is 0.408 e. The predicted molar refractivity (Wildman–Crippen MR) is 298 cm³/mol. The first-order chi connectivity index (χ1) is 35.9. The molecule has 7 rings (SSSR count). The summed E-state index contributed by atoms with van der Waals surface area (Å²) in [5.41, 5.74) is 4.06. The Bertz CT molecular complexity index is 2980. The third-order valence-electron chi connectivity index (χ3n) is 14.9. The van der Waals surface area contributed by atoms with Gasteiger partial charge in [0.15, 0.2) is 0 Å². The fraction of sp³-hybridized carbons (Fsp3) is 0.565. The Morgan fingerprint density at radius 3 is 1.53 bits per heavy atom. The zero-order chi connectivity index (χ0) is 56.5. The fourth-order valence-electron chi connectivity index (χ4n) is 11.5. The Labute approximate surface area is 454 Å². The van der Waals surface area contributed by atoms with Crippen LogP contribution in [0.3, 0.4) is 0 Å². The molecule has 2 aliphatic heterocycles. The zero-order valence-corrected chi connectivity index (χ0v) is 48.1. The van der Waals surface area contributed by atoms with Crippen LogP contribution < -0.4 is 5.32 Å². The SMILES string of the molecule is CCCn1c(-c2ccc(-c3c(C[C@@H]4CCCN4C(=O)C(NC(=O)OC(C)(C)C)C(C)(C)C)c4ccc(F)cc4n3CCOC(C)=O)cc2)c(C[C@@H]2CCCN2C(=O)C(CC(=O)OC(C)(C)C)C(C)(C)C)c2ccc(F)cc21. The highest BCUT2D eigenvalue weighted by atomic mass is 19.1. The molecule has 2 aromatic heterocycles. The van der Waals surface area contributed by atoms with E-state index in [9.17, 15) is 24.0 Å². The predicted octanol–water partition coefficient (Wildman–Crippen LogP) is 12.6. The second kappa shape index (κ2) is 23.0. The van der Waals surface area contributed by atoms with Crippen LogP contribution in [0.1, 0.15) is 147 Å². The number of benzene rings is 3. The lowest BCUT2D eigenvalue weighted by molar-refractivity contribution is -0.160. The normalized spacial score (nSPS) is 17.2. The van der Waals surface area contributed by atoms with Crippen LogP contribution in [-0.4, -0.2) is 97.8 Å². The molecule has 2 saturated heterocycles. The molecular formula is C62H83F2N5O8. The van der Waals surface area contributed by atoms with Gasteiger partial charge >= 0.3 is 18.0 Å². The second-order valence-corrected chi connectivity index (χ2v) is 25.4. The lowest BCUT2D eigenvalue weighted by atomic mass is 9.77. The Kier molecular flexibility index (Phi) is 17.4. The first kappa shape index (κ1) is 58.4. The van der Waals surface area contributed by atoms with Crippen molar-refractivity contribution in [1.29, 1.82) is 0 Å². The summed E-state index contributed by atoms with van der Waals surface area (Å²) in [6, 6.07) is 16.5. The van der Waals surface area contributed by atoms with Gasteiger partial charge in [0.1, 0.15) is 35.5 Å². The van der Waals surface area contributed by atoms with Crippen LogP contribution in [0.15, 0.2) is 60.7 Å². The number of esters is 2. The number of rotatable bonds is 16. The van der Waals surface area contributed by atoms with E-state index in [-0.39, 0.29) is 49.3 Å². The van der Waals surface area contributed by atoms with Crippen molar-refractivity contribution in [3.8, 4) is 22.5 Å². The fourth-order valence-corrected chi connectivity index (χ4v) is 11.5. The molecule has 418 valence electrons. The summed E-state index contributed by atoms with van der Waals surface area (Å²) in [5.74, 6) is -2.51. The van der Waals surface area contributed by atoms with Crippen LogP contribution in [0, 0.1) is 28.4 Å². The molecular weight excluding hydrogens is 981 g/mol. The monoisotopic (exact) mass is 1060 g/mol. The van der Waals surface area contributed by atoms with Gasteiger partial charge in [-0.3, -0.25) is 19.2 Å². The molecule has 4 heterocycles. The number of ether oxygens (including phenoxy) is 3. The molecule has 4 atom stereocenters. The molecule has 5 aromatic rings. The van der Waals surface area contributed by atoms with Crippen LogP contribution in [-0.2, 0) is 59.3 Å². The molecule has 0 bridgehead atoms. The lowest BCUT2D eigenvalue weighted by Gasteiger charge is -2.36. The van der Waals surface area contributed by atoms with Crippen molar-refractivity contribution < 1.29 is 47.0 Å². The maximum Gasteiger partial charge on any atom is 0.408 e. The summed E-state index contributed by atoms with van der Waals surface area (Å²) in [6.07, 6.45) is 4.00. The number of hydrogen-bond acceptors (Lipinski definition) is 8. The standard InChI is InChI=1S/C62H83F2N5O8/c1-15-28-68-50-33-41(63)24-26-45(50)47(35-43-18-16-29-66(43)56(72)49(59(3,4)5)37-52(71)76-61(9,10)11)53(68)39-20-22-40(23-21-39)54-48(46-27-25-42(64)34-51(46)69(54)31-32-75-38(2)70)36-44-19-17-30-67(44)57(73)55(60(6,7)8)65-58(74)77-62(12,13)14/h20-27,33-34,43-44,49,55H,15-19,28-32,35-37H2,1-14H3,(H,65,74)/t43-,44-,49?,55?/m0/s1. The Morgan fingerprint density at radius 2 is 1.10 bits per heavy atom. The van der Waals surface area contributed by atoms with Gasteiger partial charge in [-0.25, -0.2) is 13.6 Å². The molecule has 0 radical (unpaired) electrons. The van der Waals surface area contributed by atoms with E-state index in [1.54, 1.807) is 32.9 Å². The van der Waals surface area contributed by atoms with Crippen molar-refractivity contribution >= 4 is 51.7 Å². The molecule has 0 aliphatic carbocycles. The van der Waals surface area contributed by atoms with Gasteiger partial charge in [0.2, 0.25) is 11.8 Å². The molecule has 0 saturated carbocycles. The molecule has 2 aliphatic rings. The van der Waals surface area contributed by atoms with Crippen LogP contribution in [0.25, 0.3) is 44.3 Å². The van der Waals surface area contributed by atoms with E-state index in [2.05, 4.69) is 28.9 Å². The van der Waals surface area contributed by atoms with E-state index in [0.717, 1.165) is 75.6 Å². The summed E-state index contributed by atoms with van der Waals surface area (Å²) in [4.78, 5) is 71.9. The van der Waals surface area contributed by atoms with Gasteiger partial charge in [-0.1, -0.05) is 72.7 Å². The average molecular weight is 1060 g/mol. The summed E-state index contributed by atoms with van der Waals surface area (Å²) < 4.78 is 51.8. The average Bonchev–Trinajstić information content (AvgIpc) is 4.19. The number of aromatic nitrogens is 2. The molecule has 2 fully saturated rings. The number of carbonyl (C=O) groups excluding carboxylic acids is 5. The summed E-state index contributed by atoms with van der Waals surface area (Å²) in [7, 11) is 0. The van der Waals surface area contributed by atoms with Gasteiger partial charge in [0.05, 0.1) is 41.3 Å². The highest BCUT2D eigenvalue weighted by Crippen LogP contribution is 2.42. The molecule has 2 unspecified atom stereocenters. The number of hydrogen-bond donors (Lipinski definition) is 1. The number of fused-ring (bicyclic) bond motifs is 2. The van der Waals surface area contributed by atoms with Crippen molar-refractivity contribution in [2.45, 2.75) is 191 Å². The molecule has 3 aromatic carbocycles. The quantitative estimate of drug-likeness (QED) is 0.0761. The second-order valence-electron chi connectivity index (χ2n) is 25.4. The molecule has 0 spiro atoms. The molecule has 3 amide bonds. The number of halogens is 2. The maximum absolute atomic E-state index is 15.4. The highest BCUT2D eigenvalue weighted by Gasteiger charge is 2.43. The topological polar surface area (TPSA) is 141 Å². The van der Waals surface area contributed by atoms with Crippen LogP contribution in [0.2, 0.25) is 0 Å². The molecule has 77 heavy (non-hydrogen) atoms.